The van der Waals surface area contributed by atoms with E-state index in [2.05, 4.69) is 0 Å². The van der Waals surface area contributed by atoms with Gasteiger partial charge in [-0.15, -0.1) is 0 Å². The van der Waals surface area contributed by atoms with Crippen molar-refractivity contribution in [1.29, 1.82) is 0 Å². The first-order valence-corrected chi connectivity index (χ1v) is 4.39. The maximum absolute atomic E-state index is 8.93. The van der Waals surface area contributed by atoms with Crippen LogP contribution in [0.4, 0.5) is 0 Å². The zero-order chi connectivity index (χ0) is 9.14. The van der Waals surface area contributed by atoms with E-state index < -0.39 is 0 Å². The van der Waals surface area contributed by atoms with Gasteiger partial charge in [-0.1, -0.05) is 24.6 Å². The van der Waals surface area contributed by atoms with E-state index in [9.17, 15) is 0 Å². The van der Waals surface area contributed by atoms with Gasteiger partial charge in [0.15, 0.2) is 0 Å². The van der Waals surface area contributed by atoms with Gasteiger partial charge in [0, 0.05) is 17.5 Å². The molecule has 1 aromatic rings. The van der Waals surface area contributed by atoms with Gasteiger partial charge in [-0.05, 0) is 30.2 Å². The molecule has 66 valence electrons. The van der Waals surface area contributed by atoms with Gasteiger partial charge in [-0.2, -0.15) is 0 Å². The van der Waals surface area contributed by atoms with Crippen molar-refractivity contribution in [3.05, 3.63) is 34.3 Å². The second kappa shape index (κ2) is 3.92. The Morgan fingerprint density at radius 2 is 2.08 bits per heavy atom. The number of hydrogen-bond donors (Lipinski definition) is 1. The third-order valence-electron chi connectivity index (χ3n) is 1.91. The van der Waals surface area contributed by atoms with Crippen molar-refractivity contribution in [3.8, 4) is 0 Å². The van der Waals surface area contributed by atoms with Crippen LogP contribution in [0.15, 0.2) is 18.2 Å². The first-order valence-electron chi connectivity index (χ1n) is 4.01. The van der Waals surface area contributed by atoms with E-state index in [1.807, 2.05) is 32.0 Å². The predicted octanol–water partition coefficient (Wildman–Crippen LogP) is 2.74. The van der Waals surface area contributed by atoms with E-state index in [0.29, 0.717) is 0 Å². The Bertz CT molecular complexity index is 250. The number of rotatable bonds is 2. The van der Waals surface area contributed by atoms with Crippen LogP contribution in [0.3, 0.4) is 0 Å². The Labute approximate surface area is 78.0 Å². The fourth-order valence-corrected chi connectivity index (χ4v) is 1.45. The maximum atomic E-state index is 8.93. The molecule has 0 aliphatic heterocycles. The molecule has 0 saturated carbocycles. The second-order valence-corrected chi connectivity index (χ2v) is 3.58. The van der Waals surface area contributed by atoms with E-state index in [1.54, 1.807) is 0 Å². The fraction of sp³-hybridized carbons (Fsp3) is 0.400. The third-order valence-corrected chi connectivity index (χ3v) is 2.13. The standard InChI is InChI=1S/C10H13ClO/c1-7-3-9(8(2)6-12)5-10(11)4-7/h3-5,8,12H,6H2,1-2H3. The molecule has 1 nitrogen and oxygen atoms in total. The Hall–Kier alpha value is -0.530. The lowest BCUT2D eigenvalue weighted by molar-refractivity contribution is 0.273. The molecule has 2 heteroatoms. The molecule has 1 aromatic carbocycles. The minimum Gasteiger partial charge on any atom is -0.396 e. The number of hydrogen-bond acceptors (Lipinski definition) is 1. The highest BCUT2D eigenvalue weighted by Gasteiger charge is 2.04. The van der Waals surface area contributed by atoms with Crippen LogP contribution in [0, 0.1) is 6.92 Å². The summed E-state index contributed by atoms with van der Waals surface area (Å²) in [6.07, 6.45) is 0. The van der Waals surface area contributed by atoms with Crippen LogP contribution < -0.4 is 0 Å². The summed E-state index contributed by atoms with van der Waals surface area (Å²) < 4.78 is 0. The first-order chi connectivity index (χ1) is 5.63. The Morgan fingerprint density at radius 1 is 1.42 bits per heavy atom. The minimum absolute atomic E-state index is 0.166. The molecule has 0 saturated heterocycles. The van der Waals surface area contributed by atoms with Crippen molar-refractivity contribution in [2.75, 3.05) is 6.61 Å². The summed E-state index contributed by atoms with van der Waals surface area (Å²) in [5.74, 6) is 0.169. The molecule has 1 rings (SSSR count). The summed E-state index contributed by atoms with van der Waals surface area (Å²) in [7, 11) is 0. The monoisotopic (exact) mass is 184 g/mol. The van der Waals surface area contributed by atoms with Crippen molar-refractivity contribution in [3.63, 3.8) is 0 Å². The summed E-state index contributed by atoms with van der Waals surface area (Å²) >= 11 is 5.87. The van der Waals surface area contributed by atoms with Gasteiger partial charge in [0.1, 0.15) is 0 Å². The highest BCUT2D eigenvalue weighted by Crippen LogP contribution is 2.20. The van der Waals surface area contributed by atoms with Gasteiger partial charge in [-0.25, -0.2) is 0 Å². The molecule has 0 bridgehead atoms. The lowest BCUT2D eigenvalue weighted by Gasteiger charge is -2.09. The molecule has 1 unspecified atom stereocenters. The van der Waals surface area contributed by atoms with Crippen molar-refractivity contribution >= 4 is 11.6 Å². The van der Waals surface area contributed by atoms with Crippen LogP contribution in [0.1, 0.15) is 24.0 Å². The van der Waals surface area contributed by atoms with Crippen molar-refractivity contribution < 1.29 is 5.11 Å². The van der Waals surface area contributed by atoms with Gasteiger partial charge in [-0.3, -0.25) is 0 Å². The molecular weight excluding hydrogens is 172 g/mol. The first kappa shape index (κ1) is 9.56. The molecule has 0 heterocycles. The molecule has 1 atom stereocenters. The third kappa shape index (κ3) is 2.23. The van der Waals surface area contributed by atoms with E-state index >= 15 is 0 Å². The molecule has 0 radical (unpaired) electrons. The van der Waals surface area contributed by atoms with Gasteiger partial charge in [0.05, 0.1) is 0 Å². The van der Waals surface area contributed by atoms with Gasteiger partial charge < -0.3 is 5.11 Å². The van der Waals surface area contributed by atoms with Crippen LogP contribution in [0.5, 0.6) is 0 Å². The van der Waals surface area contributed by atoms with E-state index in [-0.39, 0.29) is 12.5 Å². The highest BCUT2D eigenvalue weighted by molar-refractivity contribution is 6.30. The predicted molar refractivity (Wildman–Crippen MR) is 51.7 cm³/mol. The largest absolute Gasteiger partial charge is 0.396 e. The quantitative estimate of drug-likeness (QED) is 0.750. The minimum atomic E-state index is 0.166. The molecule has 0 amide bonds. The molecule has 0 aromatic heterocycles. The van der Waals surface area contributed by atoms with Gasteiger partial charge in [0.2, 0.25) is 0 Å². The topological polar surface area (TPSA) is 20.2 Å². The average molecular weight is 185 g/mol. The number of aliphatic hydroxyl groups is 1. The lowest BCUT2D eigenvalue weighted by atomic mass is 10.0. The lowest BCUT2D eigenvalue weighted by Crippen LogP contribution is -1.98. The van der Waals surface area contributed by atoms with Crippen LogP contribution in [0.2, 0.25) is 5.02 Å². The van der Waals surface area contributed by atoms with E-state index in [4.69, 9.17) is 16.7 Å². The Balaban J connectivity index is 3.00. The van der Waals surface area contributed by atoms with Gasteiger partial charge in [0.25, 0.3) is 0 Å². The number of aliphatic hydroxyl groups excluding tert-OH is 1. The van der Waals surface area contributed by atoms with E-state index in [0.717, 1.165) is 16.1 Å². The molecular formula is C10H13ClO. The van der Waals surface area contributed by atoms with Crippen LogP contribution in [-0.2, 0) is 0 Å². The summed E-state index contributed by atoms with van der Waals surface area (Å²) in [6.45, 7) is 4.14. The number of aryl methyl sites for hydroxylation is 1. The Kier molecular flexibility index (Phi) is 3.12. The molecule has 0 aliphatic rings. The van der Waals surface area contributed by atoms with Crippen molar-refractivity contribution in [1.82, 2.24) is 0 Å². The fourth-order valence-electron chi connectivity index (χ4n) is 1.15. The maximum Gasteiger partial charge on any atom is 0.0497 e. The average Bonchev–Trinajstić information content (AvgIpc) is 2.01. The van der Waals surface area contributed by atoms with Crippen molar-refractivity contribution in [2.24, 2.45) is 0 Å². The van der Waals surface area contributed by atoms with E-state index in [1.165, 1.54) is 0 Å². The molecule has 0 fully saturated rings. The van der Waals surface area contributed by atoms with Gasteiger partial charge >= 0.3 is 0 Å². The van der Waals surface area contributed by atoms with Crippen molar-refractivity contribution in [2.45, 2.75) is 19.8 Å². The zero-order valence-electron chi connectivity index (χ0n) is 7.34. The summed E-state index contributed by atoms with van der Waals surface area (Å²) in [5.41, 5.74) is 2.24. The Morgan fingerprint density at radius 3 is 2.58 bits per heavy atom. The van der Waals surface area contributed by atoms with Crippen LogP contribution in [-0.4, -0.2) is 11.7 Å². The summed E-state index contributed by atoms with van der Waals surface area (Å²) in [5, 5.41) is 9.67. The molecule has 12 heavy (non-hydrogen) atoms. The highest BCUT2D eigenvalue weighted by atomic mass is 35.5. The molecule has 0 spiro atoms. The van der Waals surface area contributed by atoms with Crippen LogP contribution in [0.25, 0.3) is 0 Å². The summed E-state index contributed by atoms with van der Waals surface area (Å²) in [4.78, 5) is 0. The zero-order valence-corrected chi connectivity index (χ0v) is 8.10. The SMILES string of the molecule is Cc1cc(Cl)cc(C(C)CO)c1. The second-order valence-electron chi connectivity index (χ2n) is 3.15. The normalized spacial score (nSPS) is 13.0. The molecule has 1 N–H and O–H groups in total. The van der Waals surface area contributed by atoms with Crippen LogP contribution >= 0.6 is 11.6 Å². The smallest absolute Gasteiger partial charge is 0.0497 e. The number of halogens is 1. The molecule has 0 aliphatic carbocycles. The summed E-state index contributed by atoms with van der Waals surface area (Å²) in [6, 6.07) is 5.86. The number of benzene rings is 1.